The second-order valence-corrected chi connectivity index (χ2v) is 7.78. The molecule has 1 atom stereocenters. The van der Waals surface area contributed by atoms with Crippen molar-refractivity contribution in [2.45, 2.75) is 45.1 Å². The third kappa shape index (κ3) is 5.11. The number of amides is 2. The summed E-state index contributed by atoms with van der Waals surface area (Å²) in [5.74, 6) is 0.970. The topological polar surface area (TPSA) is 98.5 Å². The van der Waals surface area contributed by atoms with Crippen LogP contribution in [0.25, 0.3) is 11.5 Å². The van der Waals surface area contributed by atoms with Crippen molar-refractivity contribution < 1.29 is 23.5 Å². The maximum Gasteiger partial charge on any atom is 0.414 e. The van der Waals surface area contributed by atoms with E-state index in [-0.39, 0.29) is 11.7 Å². The number of aromatic nitrogens is 1. The lowest BCUT2D eigenvalue weighted by Gasteiger charge is -2.07. The molecular weight excluding hydrogens is 408 g/mol. The molecular formula is C25H24N2O5. The number of alkyl carbamates (subject to hydrolysis) is 1. The Bertz CT molecular complexity index is 1120. The van der Waals surface area contributed by atoms with Crippen LogP contribution in [0, 0.1) is 6.92 Å². The Balaban J connectivity index is 1.27. The number of imide groups is 1. The van der Waals surface area contributed by atoms with Gasteiger partial charge in [0.25, 0.3) is 5.91 Å². The predicted octanol–water partition coefficient (Wildman–Crippen LogP) is 4.42. The minimum atomic E-state index is -0.703. The Kier molecular flexibility index (Phi) is 6.44. The number of hydrogen-bond acceptors (Lipinski definition) is 6. The van der Waals surface area contributed by atoms with Crippen LogP contribution in [0.2, 0.25) is 0 Å². The third-order valence-corrected chi connectivity index (χ3v) is 5.48. The van der Waals surface area contributed by atoms with Crippen molar-refractivity contribution in [1.82, 2.24) is 10.3 Å². The van der Waals surface area contributed by atoms with Crippen molar-refractivity contribution in [3.63, 3.8) is 0 Å². The number of ether oxygens (including phenoxy) is 1. The molecule has 3 aromatic rings. The highest BCUT2D eigenvalue weighted by Crippen LogP contribution is 2.22. The molecule has 1 N–H and O–H groups in total. The lowest BCUT2D eigenvalue weighted by atomic mass is 10.0. The number of cyclic esters (lactones) is 1. The molecule has 1 unspecified atom stereocenters. The molecule has 0 aliphatic carbocycles. The van der Waals surface area contributed by atoms with Crippen molar-refractivity contribution >= 4 is 17.8 Å². The van der Waals surface area contributed by atoms with Crippen LogP contribution in [-0.2, 0) is 22.4 Å². The quantitative estimate of drug-likeness (QED) is 0.503. The molecule has 7 nitrogen and oxygen atoms in total. The van der Waals surface area contributed by atoms with Crippen LogP contribution in [0.5, 0.6) is 0 Å². The standard InChI is InChI=1S/C25H24N2O5/c1-16-20(26-24(31-16)19-7-3-2-4-8-19)14-15-21(28)18-12-10-17(11-13-18)6-5-9-22-23(29)27-25(30)32-22/h2-4,7-8,10-13,22H,5-6,9,14-15H2,1H3,(H,27,29,30). The van der Waals surface area contributed by atoms with Crippen LogP contribution >= 0.6 is 0 Å². The van der Waals surface area contributed by atoms with E-state index in [4.69, 9.17) is 9.15 Å². The van der Waals surface area contributed by atoms with Gasteiger partial charge in [0.1, 0.15) is 5.76 Å². The highest BCUT2D eigenvalue weighted by Gasteiger charge is 2.31. The van der Waals surface area contributed by atoms with Gasteiger partial charge in [0, 0.05) is 24.0 Å². The number of oxazole rings is 1. The van der Waals surface area contributed by atoms with Crippen LogP contribution in [0.3, 0.4) is 0 Å². The number of Topliss-reactive ketones (excluding diaryl/α,β-unsaturated/α-hetero) is 1. The van der Waals surface area contributed by atoms with Gasteiger partial charge in [0.05, 0.1) is 5.69 Å². The van der Waals surface area contributed by atoms with E-state index >= 15 is 0 Å². The summed E-state index contributed by atoms with van der Waals surface area (Å²) in [6.45, 7) is 1.87. The summed E-state index contributed by atoms with van der Waals surface area (Å²) in [7, 11) is 0. The molecule has 1 saturated heterocycles. The molecule has 1 aliphatic rings. The minimum Gasteiger partial charge on any atom is -0.441 e. The molecule has 32 heavy (non-hydrogen) atoms. The summed E-state index contributed by atoms with van der Waals surface area (Å²) in [5, 5.41) is 2.12. The highest BCUT2D eigenvalue weighted by molar-refractivity contribution is 5.99. The molecule has 1 fully saturated rings. The van der Waals surface area contributed by atoms with Crippen molar-refractivity contribution in [3.8, 4) is 11.5 Å². The molecule has 4 rings (SSSR count). The first-order chi connectivity index (χ1) is 15.5. The average Bonchev–Trinajstić information content (AvgIpc) is 3.33. The fraction of sp³-hybridized carbons (Fsp3) is 0.280. The first kappa shape index (κ1) is 21.5. The molecule has 0 radical (unpaired) electrons. The number of rotatable bonds is 9. The summed E-state index contributed by atoms with van der Waals surface area (Å²) >= 11 is 0. The zero-order valence-electron chi connectivity index (χ0n) is 17.8. The number of carbonyl (C=O) groups is 3. The van der Waals surface area contributed by atoms with E-state index in [0.29, 0.717) is 37.1 Å². The number of ketones is 1. The number of hydrogen-bond donors (Lipinski definition) is 1. The fourth-order valence-electron chi connectivity index (χ4n) is 3.67. The monoisotopic (exact) mass is 432 g/mol. The molecule has 2 heterocycles. The molecule has 2 aromatic carbocycles. The van der Waals surface area contributed by atoms with E-state index in [2.05, 4.69) is 10.3 Å². The van der Waals surface area contributed by atoms with Gasteiger partial charge in [0.2, 0.25) is 5.89 Å². The SMILES string of the molecule is Cc1oc(-c2ccccc2)nc1CCC(=O)c1ccc(CCCC2OC(=O)NC2=O)cc1. The summed E-state index contributed by atoms with van der Waals surface area (Å²) in [5.41, 5.74) is 3.43. The van der Waals surface area contributed by atoms with Crippen LogP contribution in [0.15, 0.2) is 59.0 Å². The summed E-state index contributed by atoms with van der Waals surface area (Å²) < 4.78 is 10.7. The smallest absolute Gasteiger partial charge is 0.414 e. The Morgan fingerprint density at radius 3 is 2.47 bits per heavy atom. The van der Waals surface area contributed by atoms with Gasteiger partial charge in [-0.15, -0.1) is 0 Å². The van der Waals surface area contributed by atoms with Crippen LogP contribution < -0.4 is 5.32 Å². The van der Waals surface area contributed by atoms with Gasteiger partial charge in [0.15, 0.2) is 11.9 Å². The number of aryl methyl sites for hydroxylation is 3. The summed E-state index contributed by atoms with van der Waals surface area (Å²) in [4.78, 5) is 39.7. The molecule has 0 saturated carbocycles. The van der Waals surface area contributed by atoms with E-state index in [0.717, 1.165) is 29.0 Å². The van der Waals surface area contributed by atoms with Gasteiger partial charge in [-0.25, -0.2) is 9.78 Å². The predicted molar refractivity (Wildman–Crippen MR) is 117 cm³/mol. The molecule has 1 aromatic heterocycles. The van der Waals surface area contributed by atoms with Gasteiger partial charge < -0.3 is 9.15 Å². The van der Waals surface area contributed by atoms with Gasteiger partial charge in [-0.1, -0.05) is 42.5 Å². The summed E-state index contributed by atoms with van der Waals surface area (Å²) in [6, 6.07) is 17.2. The van der Waals surface area contributed by atoms with Crippen LogP contribution in [0.1, 0.15) is 46.6 Å². The molecule has 2 amide bonds. The number of benzene rings is 2. The lowest BCUT2D eigenvalue weighted by Crippen LogP contribution is -2.24. The Labute approximate surface area is 185 Å². The van der Waals surface area contributed by atoms with Crippen molar-refractivity contribution in [3.05, 3.63) is 77.2 Å². The average molecular weight is 432 g/mol. The summed E-state index contributed by atoms with van der Waals surface area (Å²) in [6.07, 6.45) is 1.39. The molecule has 1 aliphatic heterocycles. The number of nitrogens with one attached hydrogen (secondary N) is 1. The second kappa shape index (κ2) is 9.60. The lowest BCUT2D eigenvalue weighted by molar-refractivity contribution is -0.123. The first-order valence-electron chi connectivity index (χ1n) is 10.6. The molecule has 0 spiro atoms. The van der Waals surface area contributed by atoms with E-state index in [1.165, 1.54) is 0 Å². The van der Waals surface area contributed by atoms with Crippen molar-refractivity contribution in [2.24, 2.45) is 0 Å². The van der Waals surface area contributed by atoms with Gasteiger partial charge in [-0.05, 0) is 43.9 Å². The van der Waals surface area contributed by atoms with E-state index < -0.39 is 12.2 Å². The van der Waals surface area contributed by atoms with Crippen LogP contribution in [0.4, 0.5) is 4.79 Å². The van der Waals surface area contributed by atoms with Gasteiger partial charge in [-0.2, -0.15) is 0 Å². The normalized spacial score (nSPS) is 15.5. The number of nitrogens with zero attached hydrogens (tertiary/aromatic N) is 1. The van der Waals surface area contributed by atoms with Crippen LogP contribution in [-0.4, -0.2) is 28.9 Å². The van der Waals surface area contributed by atoms with Gasteiger partial charge >= 0.3 is 6.09 Å². The van der Waals surface area contributed by atoms with E-state index in [1.807, 2.05) is 61.5 Å². The Morgan fingerprint density at radius 1 is 1.03 bits per heavy atom. The largest absolute Gasteiger partial charge is 0.441 e. The fourth-order valence-corrected chi connectivity index (χ4v) is 3.67. The maximum atomic E-state index is 12.6. The minimum absolute atomic E-state index is 0.0507. The third-order valence-electron chi connectivity index (χ3n) is 5.48. The van der Waals surface area contributed by atoms with Crippen molar-refractivity contribution in [1.29, 1.82) is 0 Å². The molecule has 0 bridgehead atoms. The van der Waals surface area contributed by atoms with Crippen molar-refractivity contribution in [2.75, 3.05) is 0 Å². The zero-order valence-corrected chi connectivity index (χ0v) is 17.8. The Morgan fingerprint density at radius 2 is 1.78 bits per heavy atom. The molecule has 164 valence electrons. The molecule has 7 heteroatoms. The highest BCUT2D eigenvalue weighted by atomic mass is 16.6. The maximum absolute atomic E-state index is 12.6. The second-order valence-electron chi connectivity index (χ2n) is 7.78. The zero-order chi connectivity index (χ0) is 22.5. The van der Waals surface area contributed by atoms with Gasteiger partial charge in [-0.3, -0.25) is 14.9 Å². The number of carbonyl (C=O) groups excluding carboxylic acids is 3. The Hall–Kier alpha value is -3.74. The van der Waals surface area contributed by atoms with E-state index in [1.54, 1.807) is 0 Å². The van der Waals surface area contributed by atoms with E-state index in [9.17, 15) is 14.4 Å². The first-order valence-corrected chi connectivity index (χ1v) is 10.6.